The summed E-state index contributed by atoms with van der Waals surface area (Å²) in [5.41, 5.74) is 1.28. The molecule has 23 heavy (non-hydrogen) atoms. The van der Waals surface area contributed by atoms with Crippen molar-refractivity contribution in [3.05, 3.63) is 58.1 Å². The van der Waals surface area contributed by atoms with Gasteiger partial charge in [-0.2, -0.15) is 0 Å². The van der Waals surface area contributed by atoms with E-state index in [-0.39, 0.29) is 11.5 Å². The Morgan fingerprint density at radius 2 is 2.09 bits per heavy atom. The molecule has 0 saturated heterocycles. The Balaban J connectivity index is 2.23. The fourth-order valence-electron chi connectivity index (χ4n) is 2.02. The lowest BCUT2D eigenvalue weighted by Crippen LogP contribution is -1.97. The van der Waals surface area contributed by atoms with Crippen molar-refractivity contribution in [1.29, 1.82) is 0 Å². The van der Waals surface area contributed by atoms with Gasteiger partial charge in [-0.1, -0.05) is 28.1 Å². The number of hydrogen-bond donors (Lipinski definition) is 1. The van der Waals surface area contributed by atoms with Gasteiger partial charge in [0.15, 0.2) is 17.3 Å². The van der Waals surface area contributed by atoms with E-state index in [4.69, 9.17) is 9.47 Å². The van der Waals surface area contributed by atoms with Crippen molar-refractivity contribution in [2.45, 2.75) is 6.92 Å². The minimum absolute atomic E-state index is 0.0345. The third kappa shape index (κ3) is 4.36. The Hall–Kier alpha value is -2.27. The zero-order valence-corrected chi connectivity index (χ0v) is 14.5. The molecule has 0 bridgehead atoms. The molecule has 0 aliphatic carbocycles. The van der Waals surface area contributed by atoms with Crippen molar-refractivity contribution < 1.29 is 19.4 Å². The number of phenols is 1. The van der Waals surface area contributed by atoms with Crippen LogP contribution in [-0.4, -0.2) is 24.6 Å². The first-order valence-electron chi connectivity index (χ1n) is 7.07. The second-order valence-corrected chi connectivity index (χ2v) is 5.56. The van der Waals surface area contributed by atoms with Crippen LogP contribution in [0.3, 0.4) is 0 Å². The molecule has 1 N–H and O–H groups in total. The number of halogens is 1. The molecule has 0 radical (unpaired) electrons. The SMILES string of the molecule is CCOc1cccc(C(=O)/C=C/c2cc(OC)c(O)cc2Br)c1. The van der Waals surface area contributed by atoms with Gasteiger partial charge in [-0.15, -0.1) is 0 Å². The van der Waals surface area contributed by atoms with E-state index in [2.05, 4.69) is 15.9 Å². The predicted octanol–water partition coefficient (Wildman–Crippen LogP) is 4.46. The fraction of sp³-hybridized carbons (Fsp3) is 0.167. The van der Waals surface area contributed by atoms with E-state index in [1.54, 1.807) is 30.3 Å². The highest BCUT2D eigenvalue weighted by Crippen LogP contribution is 2.33. The van der Waals surface area contributed by atoms with Gasteiger partial charge in [0.25, 0.3) is 0 Å². The van der Waals surface area contributed by atoms with Crippen molar-refractivity contribution in [1.82, 2.24) is 0 Å². The molecule has 0 spiro atoms. The maximum atomic E-state index is 12.3. The molecule has 0 amide bonds. The standard InChI is InChI=1S/C18H17BrO4/c1-3-23-14-6-4-5-13(9-14)16(20)8-7-12-10-18(22-2)17(21)11-15(12)19/h4-11,21H,3H2,1-2H3/b8-7+. The number of hydrogen-bond acceptors (Lipinski definition) is 4. The number of carbonyl (C=O) groups is 1. The second-order valence-electron chi connectivity index (χ2n) is 4.70. The van der Waals surface area contributed by atoms with Crippen LogP contribution in [0.2, 0.25) is 0 Å². The highest BCUT2D eigenvalue weighted by molar-refractivity contribution is 9.10. The maximum absolute atomic E-state index is 12.3. The normalized spacial score (nSPS) is 10.7. The number of allylic oxidation sites excluding steroid dienone is 1. The third-order valence-electron chi connectivity index (χ3n) is 3.14. The van der Waals surface area contributed by atoms with Crippen LogP contribution in [-0.2, 0) is 0 Å². The average Bonchev–Trinajstić information content (AvgIpc) is 2.54. The van der Waals surface area contributed by atoms with Crippen LogP contribution in [0.15, 0.2) is 46.9 Å². The number of carbonyl (C=O) groups excluding carboxylic acids is 1. The Labute approximate surface area is 143 Å². The molecule has 0 saturated carbocycles. The Morgan fingerprint density at radius 3 is 2.78 bits per heavy atom. The third-order valence-corrected chi connectivity index (χ3v) is 3.83. The fourth-order valence-corrected chi connectivity index (χ4v) is 2.48. The lowest BCUT2D eigenvalue weighted by molar-refractivity contribution is 0.104. The van der Waals surface area contributed by atoms with Crippen LogP contribution in [0.5, 0.6) is 17.2 Å². The van der Waals surface area contributed by atoms with Crippen LogP contribution < -0.4 is 9.47 Å². The molecule has 0 aromatic heterocycles. The largest absolute Gasteiger partial charge is 0.504 e. The van der Waals surface area contributed by atoms with Crippen molar-refractivity contribution in [2.24, 2.45) is 0 Å². The van der Waals surface area contributed by atoms with E-state index in [0.29, 0.717) is 28.1 Å². The molecule has 0 heterocycles. The molecule has 0 fully saturated rings. The average molecular weight is 377 g/mol. The molecule has 0 unspecified atom stereocenters. The van der Waals surface area contributed by atoms with E-state index < -0.39 is 0 Å². The second kappa shape index (κ2) is 7.83. The smallest absolute Gasteiger partial charge is 0.185 e. The summed E-state index contributed by atoms with van der Waals surface area (Å²) in [6, 6.07) is 10.2. The molecular formula is C18H17BrO4. The molecule has 2 rings (SSSR count). The minimum atomic E-state index is -0.134. The Morgan fingerprint density at radius 1 is 1.30 bits per heavy atom. The van der Waals surface area contributed by atoms with Crippen LogP contribution in [0.4, 0.5) is 0 Å². The molecule has 0 aliphatic heterocycles. The Bertz CT molecular complexity index is 738. The highest BCUT2D eigenvalue weighted by atomic mass is 79.9. The lowest BCUT2D eigenvalue weighted by atomic mass is 10.1. The summed E-state index contributed by atoms with van der Waals surface area (Å²) >= 11 is 3.35. The van der Waals surface area contributed by atoms with Gasteiger partial charge in [0.2, 0.25) is 0 Å². The first kappa shape index (κ1) is 17.1. The molecule has 2 aromatic carbocycles. The van der Waals surface area contributed by atoms with E-state index in [1.165, 1.54) is 19.3 Å². The van der Waals surface area contributed by atoms with Crippen molar-refractivity contribution in [3.63, 3.8) is 0 Å². The van der Waals surface area contributed by atoms with Crippen molar-refractivity contribution in [3.8, 4) is 17.2 Å². The molecule has 5 heteroatoms. The van der Waals surface area contributed by atoms with Crippen LogP contribution >= 0.6 is 15.9 Å². The summed E-state index contributed by atoms with van der Waals surface area (Å²) in [6.45, 7) is 2.44. The van der Waals surface area contributed by atoms with E-state index in [0.717, 1.165) is 5.56 Å². The van der Waals surface area contributed by atoms with Crippen LogP contribution in [0.1, 0.15) is 22.8 Å². The monoisotopic (exact) mass is 376 g/mol. The molecule has 4 nitrogen and oxygen atoms in total. The van der Waals surface area contributed by atoms with Crippen LogP contribution in [0, 0.1) is 0 Å². The zero-order valence-electron chi connectivity index (χ0n) is 12.9. The van der Waals surface area contributed by atoms with E-state index in [1.807, 2.05) is 13.0 Å². The summed E-state index contributed by atoms with van der Waals surface area (Å²) < 4.78 is 11.1. The van der Waals surface area contributed by atoms with E-state index in [9.17, 15) is 9.90 Å². The van der Waals surface area contributed by atoms with Crippen molar-refractivity contribution in [2.75, 3.05) is 13.7 Å². The quantitative estimate of drug-likeness (QED) is 0.597. The first-order chi connectivity index (χ1) is 11.0. The highest BCUT2D eigenvalue weighted by Gasteiger charge is 2.08. The van der Waals surface area contributed by atoms with Gasteiger partial charge in [-0.05, 0) is 48.9 Å². The summed E-state index contributed by atoms with van der Waals surface area (Å²) in [5.74, 6) is 0.913. The predicted molar refractivity (Wildman–Crippen MR) is 93.3 cm³/mol. The van der Waals surface area contributed by atoms with Gasteiger partial charge in [0.1, 0.15) is 5.75 Å². The summed E-state index contributed by atoms with van der Waals surface area (Å²) in [6.07, 6.45) is 3.14. The number of ketones is 1. The molecule has 120 valence electrons. The number of ether oxygens (including phenoxy) is 2. The number of rotatable bonds is 6. The molecular weight excluding hydrogens is 360 g/mol. The number of aromatic hydroxyl groups is 1. The molecule has 0 atom stereocenters. The van der Waals surface area contributed by atoms with Gasteiger partial charge in [0.05, 0.1) is 13.7 Å². The van der Waals surface area contributed by atoms with Gasteiger partial charge in [-0.25, -0.2) is 0 Å². The van der Waals surface area contributed by atoms with Gasteiger partial charge in [0, 0.05) is 10.0 Å². The van der Waals surface area contributed by atoms with Crippen molar-refractivity contribution >= 4 is 27.8 Å². The van der Waals surface area contributed by atoms with E-state index >= 15 is 0 Å². The first-order valence-corrected chi connectivity index (χ1v) is 7.86. The zero-order chi connectivity index (χ0) is 16.8. The number of methoxy groups -OCH3 is 1. The van der Waals surface area contributed by atoms with Gasteiger partial charge >= 0.3 is 0 Å². The number of phenolic OH excluding ortho intramolecular Hbond substituents is 1. The molecule has 0 aliphatic rings. The van der Waals surface area contributed by atoms with Gasteiger partial charge in [-0.3, -0.25) is 4.79 Å². The summed E-state index contributed by atoms with van der Waals surface area (Å²) in [4.78, 5) is 12.3. The summed E-state index contributed by atoms with van der Waals surface area (Å²) in [7, 11) is 1.47. The topological polar surface area (TPSA) is 55.8 Å². The summed E-state index contributed by atoms with van der Waals surface area (Å²) in [5, 5.41) is 9.69. The van der Waals surface area contributed by atoms with Gasteiger partial charge < -0.3 is 14.6 Å². The lowest BCUT2D eigenvalue weighted by Gasteiger charge is -2.06. The molecule has 2 aromatic rings. The minimum Gasteiger partial charge on any atom is -0.504 e. The van der Waals surface area contributed by atoms with Crippen LogP contribution in [0.25, 0.3) is 6.08 Å². The Kier molecular flexibility index (Phi) is 5.82. The number of benzene rings is 2. The maximum Gasteiger partial charge on any atom is 0.185 e.